The number of methoxy groups -OCH3 is 1. The average molecular weight is 363 g/mol. The van der Waals surface area contributed by atoms with E-state index in [0.29, 0.717) is 22.2 Å². The van der Waals surface area contributed by atoms with E-state index in [-0.39, 0.29) is 16.5 Å². The van der Waals surface area contributed by atoms with Gasteiger partial charge in [-0.2, -0.15) is 9.67 Å². The van der Waals surface area contributed by atoms with Crippen LogP contribution in [0, 0.1) is 0 Å². The summed E-state index contributed by atoms with van der Waals surface area (Å²) in [5, 5.41) is 4.82. The monoisotopic (exact) mass is 362 g/mol. The van der Waals surface area contributed by atoms with Gasteiger partial charge in [-0.05, 0) is 42.5 Å². The summed E-state index contributed by atoms with van der Waals surface area (Å²) in [7, 11) is 1.58. The number of ether oxygens (including phenoxy) is 1. The first-order chi connectivity index (χ1) is 11.5. The van der Waals surface area contributed by atoms with Crippen LogP contribution in [0.4, 0.5) is 5.95 Å². The van der Waals surface area contributed by atoms with Gasteiger partial charge in [0.15, 0.2) is 5.82 Å². The van der Waals surface area contributed by atoms with Crippen LogP contribution in [0.2, 0.25) is 10.0 Å². The maximum absolute atomic E-state index is 12.6. The van der Waals surface area contributed by atoms with E-state index in [0.717, 1.165) is 4.68 Å². The molecule has 0 atom stereocenters. The molecule has 1 heterocycles. The van der Waals surface area contributed by atoms with Crippen molar-refractivity contribution in [3.63, 3.8) is 0 Å². The van der Waals surface area contributed by atoms with Gasteiger partial charge in [0.25, 0.3) is 5.91 Å². The van der Waals surface area contributed by atoms with E-state index in [1.165, 1.54) is 12.1 Å². The van der Waals surface area contributed by atoms with E-state index >= 15 is 0 Å². The summed E-state index contributed by atoms with van der Waals surface area (Å²) in [5.74, 6) is 0.516. The Morgan fingerprint density at radius 3 is 2.50 bits per heavy atom. The first kappa shape index (κ1) is 16.3. The second kappa shape index (κ2) is 6.51. The lowest BCUT2D eigenvalue weighted by molar-refractivity contribution is 0.0948. The molecule has 0 spiro atoms. The van der Waals surface area contributed by atoms with Gasteiger partial charge in [-0.1, -0.05) is 23.2 Å². The lowest BCUT2D eigenvalue weighted by atomic mass is 10.2. The number of carbonyl (C=O) groups excluding carboxylic acids is 1. The van der Waals surface area contributed by atoms with Gasteiger partial charge in [0.1, 0.15) is 5.75 Å². The molecule has 0 radical (unpaired) electrons. The Bertz CT molecular complexity index is 907. The lowest BCUT2D eigenvalue weighted by Gasteiger charge is -2.04. The smallest absolute Gasteiger partial charge is 0.282 e. The molecule has 2 N–H and O–H groups in total. The van der Waals surface area contributed by atoms with Gasteiger partial charge in [0, 0.05) is 10.6 Å². The van der Waals surface area contributed by atoms with Crippen molar-refractivity contribution in [2.45, 2.75) is 0 Å². The SMILES string of the molecule is COc1ccc(-c2nc(N)n(C(=O)c3ccc(Cl)cc3Cl)n2)cc1. The minimum atomic E-state index is -0.485. The maximum Gasteiger partial charge on any atom is 0.282 e. The number of aromatic nitrogens is 3. The Balaban J connectivity index is 1.97. The summed E-state index contributed by atoms with van der Waals surface area (Å²) in [6, 6.07) is 11.6. The molecule has 3 rings (SSSR count). The Labute approximate surface area is 147 Å². The number of hydrogen-bond donors (Lipinski definition) is 1. The zero-order valence-corrected chi connectivity index (χ0v) is 14.0. The molecule has 0 unspecified atom stereocenters. The molecule has 3 aromatic rings. The molecule has 8 heteroatoms. The van der Waals surface area contributed by atoms with Crippen molar-refractivity contribution in [1.29, 1.82) is 0 Å². The average Bonchev–Trinajstić information content (AvgIpc) is 2.96. The molecule has 0 aliphatic carbocycles. The summed E-state index contributed by atoms with van der Waals surface area (Å²) in [6.45, 7) is 0. The van der Waals surface area contributed by atoms with Crippen LogP contribution in [-0.4, -0.2) is 27.8 Å². The number of rotatable bonds is 3. The van der Waals surface area contributed by atoms with Crippen LogP contribution >= 0.6 is 23.2 Å². The predicted octanol–water partition coefficient (Wildman–Crippen LogP) is 3.53. The van der Waals surface area contributed by atoms with Crippen LogP contribution in [0.1, 0.15) is 10.4 Å². The van der Waals surface area contributed by atoms with Gasteiger partial charge in [-0.25, -0.2) is 0 Å². The highest BCUT2D eigenvalue weighted by atomic mass is 35.5. The standard InChI is InChI=1S/C16H12Cl2N4O2/c1-24-11-5-2-9(3-6-11)14-20-16(19)22(21-14)15(23)12-7-4-10(17)8-13(12)18/h2-8H,1H3,(H2,19,20,21). The van der Waals surface area contributed by atoms with Crippen molar-refractivity contribution in [3.8, 4) is 17.1 Å². The van der Waals surface area contributed by atoms with Crippen molar-refractivity contribution in [1.82, 2.24) is 14.8 Å². The quantitative estimate of drug-likeness (QED) is 0.770. The Morgan fingerprint density at radius 2 is 1.88 bits per heavy atom. The molecule has 0 amide bonds. The van der Waals surface area contributed by atoms with Gasteiger partial charge in [0.05, 0.1) is 17.7 Å². The summed E-state index contributed by atoms with van der Waals surface area (Å²) in [5.41, 5.74) is 6.77. The molecular formula is C16H12Cl2N4O2. The summed E-state index contributed by atoms with van der Waals surface area (Å²) in [4.78, 5) is 16.7. The highest BCUT2D eigenvalue weighted by molar-refractivity contribution is 6.36. The predicted molar refractivity (Wildman–Crippen MR) is 92.6 cm³/mol. The van der Waals surface area contributed by atoms with Gasteiger partial charge in [-0.3, -0.25) is 4.79 Å². The van der Waals surface area contributed by atoms with Crippen molar-refractivity contribution < 1.29 is 9.53 Å². The molecule has 0 saturated carbocycles. The van der Waals surface area contributed by atoms with Crippen molar-refractivity contribution in [3.05, 3.63) is 58.1 Å². The molecule has 0 saturated heterocycles. The molecular weight excluding hydrogens is 351 g/mol. The van der Waals surface area contributed by atoms with Crippen LogP contribution in [0.3, 0.4) is 0 Å². The third-order valence-electron chi connectivity index (χ3n) is 3.33. The Hall–Kier alpha value is -2.57. The van der Waals surface area contributed by atoms with Crippen LogP contribution in [0.15, 0.2) is 42.5 Å². The Kier molecular flexibility index (Phi) is 4.42. The molecule has 6 nitrogen and oxygen atoms in total. The Morgan fingerprint density at radius 1 is 1.17 bits per heavy atom. The molecule has 122 valence electrons. The fourth-order valence-electron chi connectivity index (χ4n) is 2.11. The molecule has 0 fully saturated rings. The topological polar surface area (TPSA) is 83.0 Å². The fraction of sp³-hybridized carbons (Fsp3) is 0.0625. The summed E-state index contributed by atoms with van der Waals surface area (Å²) >= 11 is 11.9. The van der Waals surface area contributed by atoms with Crippen LogP contribution in [0.25, 0.3) is 11.4 Å². The third-order valence-corrected chi connectivity index (χ3v) is 3.88. The fourth-order valence-corrected chi connectivity index (χ4v) is 2.60. The maximum atomic E-state index is 12.6. The largest absolute Gasteiger partial charge is 0.497 e. The first-order valence-corrected chi connectivity index (χ1v) is 7.62. The zero-order chi connectivity index (χ0) is 17.3. The first-order valence-electron chi connectivity index (χ1n) is 6.86. The highest BCUT2D eigenvalue weighted by Gasteiger charge is 2.19. The molecule has 1 aromatic heterocycles. The number of nitrogens with zero attached hydrogens (tertiary/aromatic N) is 3. The number of hydrogen-bond acceptors (Lipinski definition) is 5. The van der Waals surface area contributed by atoms with Crippen LogP contribution in [-0.2, 0) is 0 Å². The normalized spacial score (nSPS) is 10.6. The second-order valence-electron chi connectivity index (χ2n) is 4.86. The van der Waals surface area contributed by atoms with Gasteiger partial charge in [-0.15, -0.1) is 5.10 Å². The summed E-state index contributed by atoms with van der Waals surface area (Å²) in [6.07, 6.45) is 0. The number of carbonyl (C=O) groups is 1. The zero-order valence-electron chi connectivity index (χ0n) is 12.5. The lowest BCUT2D eigenvalue weighted by Crippen LogP contribution is -2.16. The number of nitrogens with two attached hydrogens (primary N) is 1. The van der Waals surface area contributed by atoms with E-state index in [4.69, 9.17) is 33.7 Å². The van der Waals surface area contributed by atoms with Gasteiger partial charge in [0.2, 0.25) is 5.95 Å². The number of nitrogen functional groups attached to an aromatic ring is 1. The molecule has 0 aliphatic rings. The highest BCUT2D eigenvalue weighted by Crippen LogP contribution is 2.24. The van der Waals surface area contributed by atoms with E-state index < -0.39 is 5.91 Å². The van der Waals surface area contributed by atoms with Gasteiger partial charge < -0.3 is 10.5 Å². The van der Waals surface area contributed by atoms with E-state index in [1.54, 1.807) is 37.4 Å². The molecule has 0 bridgehead atoms. The minimum absolute atomic E-state index is 0.0307. The van der Waals surface area contributed by atoms with Crippen LogP contribution < -0.4 is 10.5 Å². The third kappa shape index (κ3) is 3.06. The van der Waals surface area contributed by atoms with Crippen molar-refractivity contribution in [2.24, 2.45) is 0 Å². The number of halogens is 2. The van der Waals surface area contributed by atoms with Crippen molar-refractivity contribution >= 4 is 35.1 Å². The van der Waals surface area contributed by atoms with E-state index in [1.807, 2.05) is 0 Å². The van der Waals surface area contributed by atoms with E-state index in [2.05, 4.69) is 10.1 Å². The van der Waals surface area contributed by atoms with E-state index in [9.17, 15) is 4.79 Å². The number of anilines is 1. The molecule has 24 heavy (non-hydrogen) atoms. The van der Waals surface area contributed by atoms with Gasteiger partial charge >= 0.3 is 0 Å². The summed E-state index contributed by atoms with van der Waals surface area (Å²) < 4.78 is 6.11. The molecule has 0 aliphatic heterocycles. The van der Waals surface area contributed by atoms with Crippen molar-refractivity contribution in [2.75, 3.05) is 12.8 Å². The minimum Gasteiger partial charge on any atom is -0.497 e. The number of benzene rings is 2. The molecule has 2 aromatic carbocycles. The second-order valence-corrected chi connectivity index (χ2v) is 5.71. The van der Waals surface area contributed by atoms with Crippen LogP contribution in [0.5, 0.6) is 5.75 Å².